The van der Waals surface area contributed by atoms with Crippen molar-refractivity contribution >= 4 is 11.8 Å². The summed E-state index contributed by atoms with van der Waals surface area (Å²) in [6.45, 7) is 8.34. The number of likely N-dealkylation sites (tertiary alicyclic amines) is 1. The highest BCUT2D eigenvalue weighted by atomic mass is 19.1. The SMILES string of the molecule is CC(C)NC(=O)C1CN(C(=O)C(C)C)CC1c1cccc(F)c1. The number of carbonyl (C=O) groups is 2. The summed E-state index contributed by atoms with van der Waals surface area (Å²) in [7, 11) is 0. The lowest BCUT2D eigenvalue weighted by Gasteiger charge is -2.19. The molecule has 1 heterocycles. The zero-order valence-corrected chi connectivity index (χ0v) is 14.2. The zero-order chi connectivity index (χ0) is 17.1. The molecule has 0 bridgehead atoms. The van der Waals surface area contributed by atoms with Crippen molar-refractivity contribution in [3.8, 4) is 0 Å². The maximum Gasteiger partial charge on any atom is 0.225 e. The number of halogens is 1. The second-order valence-corrected chi connectivity index (χ2v) is 6.83. The van der Waals surface area contributed by atoms with Crippen molar-refractivity contribution in [2.45, 2.75) is 39.7 Å². The van der Waals surface area contributed by atoms with Crippen LogP contribution in [0.4, 0.5) is 4.39 Å². The molecule has 0 saturated carbocycles. The molecule has 1 fully saturated rings. The molecule has 1 aromatic carbocycles. The minimum absolute atomic E-state index is 0.0329. The van der Waals surface area contributed by atoms with Crippen LogP contribution in [0.3, 0.4) is 0 Å². The van der Waals surface area contributed by atoms with Gasteiger partial charge in [-0.05, 0) is 31.5 Å². The van der Waals surface area contributed by atoms with E-state index in [1.54, 1.807) is 11.0 Å². The summed E-state index contributed by atoms with van der Waals surface area (Å²) in [6.07, 6.45) is 0. The van der Waals surface area contributed by atoms with E-state index in [1.165, 1.54) is 12.1 Å². The van der Waals surface area contributed by atoms with Gasteiger partial charge in [-0.25, -0.2) is 4.39 Å². The van der Waals surface area contributed by atoms with Gasteiger partial charge in [0.2, 0.25) is 11.8 Å². The third-order valence-corrected chi connectivity index (χ3v) is 4.17. The molecule has 1 aliphatic heterocycles. The first kappa shape index (κ1) is 17.4. The summed E-state index contributed by atoms with van der Waals surface area (Å²) in [5.41, 5.74) is 0.771. The van der Waals surface area contributed by atoms with E-state index in [2.05, 4.69) is 5.32 Å². The number of benzene rings is 1. The Kier molecular flexibility index (Phi) is 5.39. The van der Waals surface area contributed by atoms with Gasteiger partial charge in [0.05, 0.1) is 5.92 Å². The maximum atomic E-state index is 13.6. The van der Waals surface area contributed by atoms with Crippen LogP contribution in [0.2, 0.25) is 0 Å². The molecule has 1 aliphatic rings. The summed E-state index contributed by atoms with van der Waals surface area (Å²) >= 11 is 0. The molecule has 23 heavy (non-hydrogen) atoms. The lowest BCUT2D eigenvalue weighted by Crippen LogP contribution is -2.39. The second-order valence-electron chi connectivity index (χ2n) is 6.83. The summed E-state index contributed by atoms with van der Waals surface area (Å²) in [6, 6.07) is 6.36. The molecule has 2 amide bonds. The summed E-state index contributed by atoms with van der Waals surface area (Å²) in [4.78, 5) is 26.5. The van der Waals surface area contributed by atoms with Gasteiger partial charge >= 0.3 is 0 Å². The average molecular weight is 320 g/mol. The molecule has 2 rings (SSSR count). The molecule has 0 aliphatic carbocycles. The minimum atomic E-state index is -0.345. The Bertz CT molecular complexity index is 586. The van der Waals surface area contributed by atoms with Crippen LogP contribution < -0.4 is 5.32 Å². The molecule has 0 aromatic heterocycles. The van der Waals surface area contributed by atoms with Crippen LogP contribution >= 0.6 is 0 Å². The largest absolute Gasteiger partial charge is 0.354 e. The second kappa shape index (κ2) is 7.11. The van der Waals surface area contributed by atoms with E-state index in [-0.39, 0.29) is 41.4 Å². The molecule has 5 heteroatoms. The van der Waals surface area contributed by atoms with Crippen LogP contribution in [0.25, 0.3) is 0 Å². The number of nitrogens with zero attached hydrogens (tertiary/aromatic N) is 1. The predicted octanol–water partition coefficient (Wildman–Crippen LogP) is 2.55. The van der Waals surface area contributed by atoms with Crippen LogP contribution in [-0.4, -0.2) is 35.8 Å². The van der Waals surface area contributed by atoms with E-state index in [0.717, 1.165) is 5.56 Å². The molecule has 1 aromatic rings. The minimum Gasteiger partial charge on any atom is -0.354 e. The van der Waals surface area contributed by atoms with Crippen LogP contribution in [0.15, 0.2) is 24.3 Å². The van der Waals surface area contributed by atoms with E-state index in [1.807, 2.05) is 33.8 Å². The number of carbonyl (C=O) groups excluding carboxylic acids is 2. The van der Waals surface area contributed by atoms with Crippen LogP contribution in [-0.2, 0) is 9.59 Å². The first-order valence-corrected chi connectivity index (χ1v) is 8.14. The summed E-state index contributed by atoms with van der Waals surface area (Å²) < 4.78 is 13.6. The van der Waals surface area contributed by atoms with Crippen molar-refractivity contribution in [1.82, 2.24) is 10.2 Å². The highest BCUT2D eigenvalue weighted by Crippen LogP contribution is 2.34. The predicted molar refractivity (Wildman–Crippen MR) is 87.3 cm³/mol. The Morgan fingerprint density at radius 1 is 1.22 bits per heavy atom. The highest BCUT2D eigenvalue weighted by molar-refractivity contribution is 5.84. The van der Waals surface area contributed by atoms with Crippen molar-refractivity contribution in [2.75, 3.05) is 13.1 Å². The normalized spacial score (nSPS) is 21.1. The fraction of sp³-hybridized carbons (Fsp3) is 0.556. The lowest BCUT2D eigenvalue weighted by molar-refractivity contribution is -0.133. The fourth-order valence-electron chi connectivity index (χ4n) is 3.08. The fourth-order valence-corrected chi connectivity index (χ4v) is 3.08. The third-order valence-electron chi connectivity index (χ3n) is 4.17. The molecule has 0 radical (unpaired) electrons. The van der Waals surface area contributed by atoms with Crippen molar-refractivity contribution < 1.29 is 14.0 Å². The maximum absolute atomic E-state index is 13.6. The van der Waals surface area contributed by atoms with Gasteiger partial charge in [-0.15, -0.1) is 0 Å². The molecule has 1 saturated heterocycles. The lowest BCUT2D eigenvalue weighted by atomic mass is 9.88. The molecule has 126 valence electrons. The Balaban J connectivity index is 2.27. The van der Waals surface area contributed by atoms with Crippen molar-refractivity contribution in [3.63, 3.8) is 0 Å². The van der Waals surface area contributed by atoms with E-state index in [0.29, 0.717) is 13.1 Å². The third kappa shape index (κ3) is 4.09. The topological polar surface area (TPSA) is 49.4 Å². The van der Waals surface area contributed by atoms with E-state index < -0.39 is 0 Å². The Morgan fingerprint density at radius 3 is 2.48 bits per heavy atom. The van der Waals surface area contributed by atoms with Crippen LogP contribution in [0.1, 0.15) is 39.2 Å². The Hall–Kier alpha value is -1.91. The van der Waals surface area contributed by atoms with Gasteiger partial charge in [0.1, 0.15) is 5.82 Å². The van der Waals surface area contributed by atoms with E-state index in [4.69, 9.17) is 0 Å². The molecule has 4 nitrogen and oxygen atoms in total. The van der Waals surface area contributed by atoms with Gasteiger partial charge in [-0.3, -0.25) is 9.59 Å². The first-order chi connectivity index (χ1) is 10.8. The van der Waals surface area contributed by atoms with Gasteiger partial charge in [0.25, 0.3) is 0 Å². The van der Waals surface area contributed by atoms with E-state index >= 15 is 0 Å². The molecule has 1 N–H and O–H groups in total. The monoisotopic (exact) mass is 320 g/mol. The first-order valence-electron chi connectivity index (χ1n) is 8.14. The number of hydrogen-bond acceptors (Lipinski definition) is 2. The smallest absolute Gasteiger partial charge is 0.225 e. The molecular formula is C18H25FN2O2. The Labute approximate surface area is 137 Å². The molecular weight excluding hydrogens is 295 g/mol. The molecule has 2 unspecified atom stereocenters. The summed E-state index contributed by atoms with van der Waals surface area (Å²) in [5.74, 6) is -0.997. The van der Waals surface area contributed by atoms with Crippen molar-refractivity contribution in [2.24, 2.45) is 11.8 Å². The van der Waals surface area contributed by atoms with Crippen molar-refractivity contribution in [3.05, 3.63) is 35.6 Å². The number of amides is 2. The zero-order valence-electron chi connectivity index (χ0n) is 14.2. The van der Waals surface area contributed by atoms with Gasteiger partial charge in [0, 0.05) is 31.0 Å². The van der Waals surface area contributed by atoms with Crippen LogP contribution in [0, 0.1) is 17.7 Å². The van der Waals surface area contributed by atoms with Gasteiger partial charge < -0.3 is 10.2 Å². The average Bonchev–Trinajstić information content (AvgIpc) is 2.90. The highest BCUT2D eigenvalue weighted by Gasteiger charge is 2.40. The summed E-state index contributed by atoms with van der Waals surface area (Å²) in [5, 5.41) is 2.92. The standard InChI is InChI=1S/C18H25FN2O2/c1-11(2)18(23)21-9-15(13-6-5-7-14(19)8-13)16(10-21)17(22)20-12(3)4/h5-8,11-12,15-16H,9-10H2,1-4H3,(H,20,22). The molecule has 2 atom stereocenters. The van der Waals surface area contributed by atoms with Gasteiger partial charge in [-0.1, -0.05) is 26.0 Å². The number of hydrogen-bond donors (Lipinski definition) is 1. The molecule has 0 spiro atoms. The van der Waals surface area contributed by atoms with Crippen LogP contribution in [0.5, 0.6) is 0 Å². The van der Waals surface area contributed by atoms with Crippen molar-refractivity contribution in [1.29, 1.82) is 0 Å². The number of rotatable bonds is 4. The van der Waals surface area contributed by atoms with Gasteiger partial charge in [-0.2, -0.15) is 0 Å². The quantitative estimate of drug-likeness (QED) is 0.927. The Morgan fingerprint density at radius 2 is 1.91 bits per heavy atom. The number of nitrogens with one attached hydrogen (secondary N) is 1. The van der Waals surface area contributed by atoms with E-state index in [9.17, 15) is 14.0 Å². The van der Waals surface area contributed by atoms with Gasteiger partial charge in [0.15, 0.2) is 0 Å².